The van der Waals surface area contributed by atoms with Crippen molar-refractivity contribution in [1.82, 2.24) is 5.32 Å². The summed E-state index contributed by atoms with van der Waals surface area (Å²) in [5.41, 5.74) is 2.56. The number of carbonyl (C=O) groups excluding carboxylic acids is 1. The fraction of sp³-hybridized carbons (Fsp3) is 0.176. The Bertz CT molecular complexity index is 676. The van der Waals surface area contributed by atoms with Crippen LogP contribution in [0.3, 0.4) is 0 Å². The Labute approximate surface area is 129 Å². The molecule has 0 aromatic heterocycles. The summed E-state index contributed by atoms with van der Waals surface area (Å²) in [6, 6.07) is 16.8. The minimum absolute atomic E-state index is 0.0164. The van der Waals surface area contributed by atoms with Crippen LogP contribution in [0.25, 0.3) is 0 Å². The van der Waals surface area contributed by atoms with Gasteiger partial charge in [-0.05, 0) is 41.8 Å². The van der Waals surface area contributed by atoms with Gasteiger partial charge in [-0.1, -0.05) is 35.9 Å². The van der Waals surface area contributed by atoms with Gasteiger partial charge in [-0.25, -0.2) is 0 Å². The summed E-state index contributed by atoms with van der Waals surface area (Å²) >= 11 is 5.90. The van der Waals surface area contributed by atoms with Crippen LogP contribution in [-0.2, 0) is 17.8 Å². The number of benzene rings is 2. The van der Waals surface area contributed by atoms with E-state index in [2.05, 4.69) is 11.4 Å². The summed E-state index contributed by atoms with van der Waals surface area (Å²) in [7, 11) is 0. The van der Waals surface area contributed by atoms with Crippen molar-refractivity contribution in [1.29, 1.82) is 5.26 Å². The van der Waals surface area contributed by atoms with Gasteiger partial charge in [0.05, 0.1) is 11.6 Å². The summed E-state index contributed by atoms with van der Waals surface area (Å²) in [5.74, 6) is -0.0164. The van der Waals surface area contributed by atoms with E-state index in [-0.39, 0.29) is 5.91 Å². The summed E-state index contributed by atoms with van der Waals surface area (Å²) in [4.78, 5) is 11.8. The van der Waals surface area contributed by atoms with Crippen LogP contribution in [0.15, 0.2) is 48.5 Å². The van der Waals surface area contributed by atoms with Gasteiger partial charge in [-0.3, -0.25) is 4.79 Å². The van der Waals surface area contributed by atoms with E-state index in [0.29, 0.717) is 30.0 Å². The lowest BCUT2D eigenvalue weighted by Crippen LogP contribution is -2.23. The molecule has 2 rings (SSSR count). The molecule has 2 aromatic rings. The van der Waals surface area contributed by atoms with Gasteiger partial charge in [0.1, 0.15) is 0 Å². The third-order valence-electron chi connectivity index (χ3n) is 3.08. The van der Waals surface area contributed by atoms with Crippen LogP contribution in [0.1, 0.15) is 23.1 Å². The molecule has 21 heavy (non-hydrogen) atoms. The van der Waals surface area contributed by atoms with Crippen molar-refractivity contribution < 1.29 is 4.79 Å². The third-order valence-corrected chi connectivity index (χ3v) is 3.31. The number of nitrogens with zero attached hydrogens (tertiary/aromatic N) is 1. The molecule has 0 aliphatic carbocycles. The Morgan fingerprint density at radius 3 is 2.67 bits per heavy atom. The van der Waals surface area contributed by atoms with Gasteiger partial charge in [0, 0.05) is 18.0 Å². The first-order chi connectivity index (χ1) is 10.2. The van der Waals surface area contributed by atoms with E-state index in [1.54, 1.807) is 12.1 Å². The lowest BCUT2D eigenvalue weighted by Gasteiger charge is -2.06. The molecule has 0 aliphatic heterocycles. The van der Waals surface area contributed by atoms with Crippen molar-refractivity contribution in [3.05, 3.63) is 70.2 Å². The summed E-state index contributed by atoms with van der Waals surface area (Å²) in [5, 5.41) is 12.4. The molecule has 1 N–H and O–H groups in total. The van der Waals surface area contributed by atoms with Crippen molar-refractivity contribution in [3.63, 3.8) is 0 Å². The van der Waals surface area contributed by atoms with Gasteiger partial charge < -0.3 is 5.32 Å². The van der Waals surface area contributed by atoms with Gasteiger partial charge in [-0.2, -0.15) is 5.26 Å². The zero-order valence-corrected chi connectivity index (χ0v) is 12.2. The fourth-order valence-electron chi connectivity index (χ4n) is 1.99. The average Bonchev–Trinajstić information content (AvgIpc) is 2.51. The quantitative estimate of drug-likeness (QED) is 0.919. The maximum Gasteiger partial charge on any atom is 0.220 e. The molecule has 0 radical (unpaired) electrons. The lowest BCUT2D eigenvalue weighted by atomic mass is 10.1. The topological polar surface area (TPSA) is 52.9 Å². The highest BCUT2D eigenvalue weighted by molar-refractivity contribution is 6.30. The molecule has 3 nitrogen and oxygen atoms in total. The molecule has 0 unspecified atom stereocenters. The third kappa shape index (κ3) is 4.94. The number of nitriles is 1. The van der Waals surface area contributed by atoms with E-state index in [9.17, 15) is 4.79 Å². The van der Waals surface area contributed by atoms with E-state index in [0.717, 1.165) is 11.1 Å². The molecule has 0 saturated carbocycles. The van der Waals surface area contributed by atoms with Crippen molar-refractivity contribution in [2.24, 2.45) is 0 Å². The predicted molar refractivity (Wildman–Crippen MR) is 82.8 cm³/mol. The number of amides is 1. The van der Waals surface area contributed by atoms with Crippen LogP contribution >= 0.6 is 11.6 Å². The zero-order valence-electron chi connectivity index (χ0n) is 11.5. The Kier molecular flexibility index (Phi) is 5.36. The molecule has 1 amide bonds. The van der Waals surface area contributed by atoms with E-state index < -0.39 is 0 Å². The van der Waals surface area contributed by atoms with E-state index in [4.69, 9.17) is 16.9 Å². The maximum atomic E-state index is 11.8. The van der Waals surface area contributed by atoms with Crippen LogP contribution in [-0.4, -0.2) is 5.91 Å². The SMILES string of the molecule is N#Cc1cccc(CNC(=O)CCc2cccc(Cl)c2)c1. The molecular formula is C17H15ClN2O. The predicted octanol–water partition coefficient (Wildman–Crippen LogP) is 3.46. The van der Waals surface area contributed by atoms with Crippen molar-refractivity contribution in [2.75, 3.05) is 0 Å². The normalized spacial score (nSPS) is 9.90. The molecule has 0 fully saturated rings. The Hall–Kier alpha value is -2.31. The fourth-order valence-corrected chi connectivity index (χ4v) is 2.20. The number of hydrogen-bond acceptors (Lipinski definition) is 2. The number of nitrogens with one attached hydrogen (secondary N) is 1. The van der Waals surface area contributed by atoms with Gasteiger partial charge in [0.15, 0.2) is 0 Å². The first kappa shape index (κ1) is 15.1. The van der Waals surface area contributed by atoms with Crippen molar-refractivity contribution in [3.8, 4) is 6.07 Å². The summed E-state index contributed by atoms with van der Waals surface area (Å²) in [6.07, 6.45) is 1.07. The molecule has 0 saturated heterocycles. The van der Waals surface area contributed by atoms with Crippen LogP contribution in [0.2, 0.25) is 5.02 Å². The number of hydrogen-bond donors (Lipinski definition) is 1. The molecule has 0 heterocycles. The van der Waals surface area contributed by atoms with Crippen LogP contribution in [0.5, 0.6) is 0 Å². The number of halogens is 1. The second-order valence-corrected chi connectivity index (χ2v) is 5.16. The maximum absolute atomic E-state index is 11.8. The minimum atomic E-state index is -0.0164. The highest BCUT2D eigenvalue weighted by Crippen LogP contribution is 2.12. The first-order valence-corrected chi connectivity index (χ1v) is 7.05. The molecule has 0 aliphatic rings. The Morgan fingerprint density at radius 2 is 1.90 bits per heavy atom. The highest BCUT2D eigenvalue weighted by atomic mass is 35.5. The standard InChI is InChI=1S/C17H15ClN2O/c18-16-6-2-3-13(10-16)7-8-17(21)20-12-15-5-1-4-14(9-15)11-19/h1-6,9-10H,7-8,12H2,(H,20,21). The molecule has 0 atom stereocenters. The Morgan fingerprint density at radius 1 is 1.14 bits per heavy atom. The van der Waals surface area contributed by atoms with Crippen LogP contribution in [0.4, 0.5) is 0 Å². The van der Waals surface area contributed by atoms with Gasteiger partial charge in [-0.15, -0.1) is 0 Å². The molecule has 4 heteroatoms. The highest BCUT2D eigenvalue weighted by Gasteiger charge is 2.03. The number of aryl methyl sites for hydroxylation is 1. The minimum Gasteiger partial charge on any atom is -0.352 e. The van der Waals surface area contributed by atoms with Gasteiger partial charge >= 0.3 is 0 Å². The molecule has 0 spiro atoms. The van der Waals surface area contributed by atoms with E-state index >= 15 is 0 Å². The van der Waals surface area contributed by atoms with E-state index in [1.807, 2.05) is 36.4 Å². The average molecular weight is 299 g/mol. The summed E-state index contributed by atoms with van der Waals surface area (Å²) < 4.78 is 0. The first-order valence-electron chi connectivity index (χ1n) is 6.67. The van der Waals surface area contributed by atoms with Gasteiger partial charge in [0.2, 0.25) is 5.91 Å². The van der Waals surface area contributed by atoms with Gasteiger partial charge in [0.25, 0.3) is 0 Å². The largest absolute Gasteiger partial charge is 0.352 e. The zero-order chi connectivity index (χ0) is 15.1. The van der Waals surface area contributed by atoms with Crippen molar-refractivity contribution in [2.45, 2.75) is 19.4 Å². The van der Waals surface area contributed by atoms with Crippen LogP contribution < -0.4 is 5.32 Å². The number of carbonyl (C=O) groups is 1. The monoisotopic (exact) mass is 298 g/mol. The lowest BCUT2D eigenvalue weighted by molar-refractivity contribution is -0.121. The second kappa shape index (κ2) is 7.47. The Balaban J connectivity index is 1.81. The molecular weight excluding hydrogens is 284 g/mol. The van der Waals surface area contributed by atoms with Crippen LogP contribution in [0, 0.1) is 11.3 Å². The van der Waals surface area contributed by atoms with Crippen molar-refractivity contribution >= 4 is 17.5 Å². The molecule has 0 bridgehead atoms. The molecule has 2 aromatic carbocycles. The summed E-state index contributed by atoms with van der Waals surface area (Å²) in [6.45, 7) is 0.434. The molecule has 106 valence electrons. The second-order valence-electron chi connectivity index (χ2n) is 4.72. The smallest absolute Gasteiger partial charge is 0.220 e. The van der Waals surface area contributed by atoms with E-state index in [1.165, 1.54) is 0 Å². The number of rotatable bonds is 5.